The van der Waals surface area contributed by atoms with Gasteiger partial charge in [-0.1, -0.05) is 37.8 Å². The van der Waals surface area contributed by atoms with Crippen LogP contribution >= 0.6 is 24.0 Å². The highest BCUT2D eigenvalue weighted by molar-refractivity contribution is 8.23. The van der Waals surface area contributed by atoms with Crippen LogP contribution in [0.15, 0.2) is 0 Å². The summed E-state index contributed by atoms with van der Waals surface area (Å²) in [6.45, 7) is 4.80. The van der Waals surface area contributed by atoms with Crippen LogP contribution in [0.4, 0.5) is 0 Å². The van der Waals surface area contributed by atoms with Gasteiger partial charge in [0.1, 0.15) is 9.25 Å². The fourth-order valence-corrected chi connectivity index (χ4v) is 2.54. The molecule has 1 saturated heterocycles. The van der Waals surface area contributed by atoms with Crippen molar-refractivity contribution in [3.63, 3.8) is 0 Å². The Morgan fingerprint density at radius 1 is 1.91 bits per heavy atom. The van der Waals surface area contributed by atoms with Gasteiger partial charge < -0.3 is 10.4 Å². The predicted octanol–water partition coefficient (Wildman–Crippen LogP) is 1.34. The number of thiocarbonyl (C=S) groups is 1. The maximum Gasteiger partial charge on any atom is 0.136 e. The summed E-state index contributed by atoms with van der Waals surface area (Å²) in [6.07, 6.45) is 0.751. The van der Waals surface area contributed by atoms with Crippen molar-refractivity contribution >= 4 is 28.3 Å². The van der Waals surface area contributed by atoms with Crippen LogP contribution in [0, 0.1) is 5.92 Å². The van der Waals surface area contributed by atoms with Gasteiger partial charge in [0.05, 0.1) is 0 Å². The summed E-state index contributed by atoms with van der Waals surface area (Å²) in [5, 5.41) is 13.0. The molecule has 0 aromatic carbocycles. The van der Waals surface area contributed by atoms with E-state index >= 15 is 0 Å². The summed E-state index contributed by atoms with van der Waals surface area (Å²) >= 11 is 6.34. The Morgan fingerprint density at radius 2 is 2.55 bits per heavy atom. The van der Waals surface area contributed by atoms with E-state index in [-0.39, 0.29) is 5.92 Å². The third kappa shape index (κ3) is 1.86. The number of rotatable bonds is 1. The van der Waals surface area contributed by atoms with Crippen LogP contribution in [0.5, 0.6) is 0 Å². The molecule has 1 aliphatic heterocycles. The van der Waals surface area contributed by atoms with E-state index in [2.05, 4.69) is 5.32 Å². The lowest BCUT2D eigenvalue weighted by Gasteiger charge is -2.37. The zero-order valence-corrected chi connectivity index (χ0v) is 8.39. The molecule has 0 amide bonds. The molecule has 0 aliphatic carbocycles. The first-order valence-corrected chi connectivity index (χ1v) is 5.00. The molecule has 4 heteroatoms. The quantitative estimate of drug-likeness (QED) is 0.613. The normalized spacial score (nSPS) is 38.5. The molecule has 2 atom stereocenters. The van der Waals surface area contributed by atoms with E-state index in [1.54, 1.807) is 0 Å². The summed E-state index contributed by atoms with van der Waals surface area (Å²) in [5.41, 5.74) is 0. The second-order valence-corrected chi connectivity index (χ2v) is 4.86. The fourth-order valence-electron chi connectivity index (χ4n) is 1.11. The lowest BCUT2D eigenvalue weighted by atomic mass is 10.0. The van der Waals surface area contributed by atoms with Crippen LogP contribution in [0.3, 0.4) is 0 Å². The van der Waals surface area contributed by atoms with Gasteiger partial charge in [-0.25, -0.2) is 0 Å². The standard InChI is InChI=1S/C7H13NOS2/c1-3-7(9)5(2)4-8-6(10)11-7/h5,9H,3-4H2,1-2H3,(H,8,10). The third-order valence-electron chi connectivity index (χ3n) is 2.10. The van der Waals surface area contributed by atoms with E-state index in [4.69, 9.17) is 12.2 Å². The number of nitrogens with one attached hydrogen (secondary N) is 1. The largest absolute Gasteiger partial charge is 0.379 e. The zero-order valence-electron chi connectivity index (χ0n) is 6.76. The van der Waals surface area contributed by atoms with Gasteiger partial charge in [-0.05, 0) is 6.42 Å². The summed E-state index contributed by atoms with van der Waals surface area (Å²) < 4.78 is 0.715. The highest BCUT2D eigenvalue weighted by Crippen LogP contribution is 2.36. The lowest BCUT2D eigenvalue weighted by Crippen LogP contribution is -2.46. The van der Waals surface area contributed by atoms with Crippen molar-refractivity contribution in [3.8, 4) is 0 Å². The molecule has 0 aromatic rings. The average Bonchev–Trinajstić information content (AvgIpc) is 1.98. The van der Waals surface area contributed by atoms with E-state index in [0.717, 1.165) is 13.0 Å². The Kier molecular flexibility index (Phi) is 2.78. The topological polar surface area (TPSA) is 32.3 Å². The third-order valence-corrected chi connectivity index (χ3v) is 3.87. The minimum atomic E-state index is -0.637. The smallest absolute Gasteiger partial charge is 0.136 e. The van der Waals surface area contributed by atoms with Crippen molar-refractivity contribution in [2.24, 2.45) is 5.92 Å². The molecule has 64 valence electrons. The van der Waals surface area contributed by atoms with Crippen molar-refractivity contribution < 1.29 is 5.11 Å². The molecule has 0 bridgehead atoms. The maximum absolute atomic E-state index is 9.95. The number of hydrogen-bond acceptors (Lipinski definition) is 3. The molecule has 0 saturated carbocycles. The first-order chi connectivity index (χ1) is 5.08. The van der Waals surface area contributed by atoms with E-state index < -0.39 is 4.93 Å². The molecule has 1 heterocycles. The van der Waals surface area contributed by atoms with Crippen molar-refractivity contribution in [3.05, 3.63) is 0 Å². The van der Waals surface area contributed by atoms with Crippen LogP contribution in [0.2, 0.25) is 0 Å². The van der Waals surface area contributed by atoms with Crippen molar-refractivity contribution in [2.75, 3.05) is 6.54 Å². The van der Waals surface area contributed by atoms with Gasteiger partial charge in [0.2, 0.25) is 0 Å². The molecule has 2 N–H and O–H groups in total. The molecule has 0 spiro atoms. The summed E-state index contributed by atoms with van der Waals surface area (Å²) in [7, 11) is 0. The number of thioether (sulfide) groups is 1. The van der Waals surface area contributed by atoms with E-state index in [1.165, 1.54) is 11.8 Å². The molecular formula is C7H13NOS2. The van der Waals surface area contributed by atoms with E-state index in [0.29, 0.717) is 4.32 Å². The highest BCUT2D eigenvalue weighted by Gasteiger charge is 2.37. The predicted molar refractivity (Wildman–Crippen MR) is 52.6 cm³/mol. The molecule has 11 heavy (non-hydrogen) atoms. The Balaban J connectivity index is 2.67. The van der Waals surface area contributed by atoms with Gasteiger partial charge in [-0.3, -0.25) is 0 Å². The Hall–Kier alpha value is 0.200. The van der Waals surface area contributed by atoms with Gasteiger partial charge in [0.25, 0.3) is 0 Å². The average molecular weight is 191 g/mol. The summed E-state index contributed by atoms with van der Waals surface area (Å²) in [4.78, 5) is -0.637. The molecule has 2 nitrogen and oxygen atoms in total. The molecule has 2 unspecified atom stereocenters. The van der Waals surface area contributed by atoms with Crippen LogP contribution in [-0.2, 0) is 0 Å². The zero-order chi connectivity index (χ0) is 8.48. The van der Waals surface area contributed by atoms with Crippen LogP contribution in [0.25, 0.3) is 0 Å². The Labute approximate surface area is 76.7 Å². The molecule has 0 radical (unpaired) electrons. The van der Waals surface area contributed by atoms with Gasteiger partial charge in [-0.2, -0.15) is 0 Å². The first kappa shape index (κ1) is 9.29. The fraction of sp³-hybridized carbons (Fsp3) is 0.857. The molecule has 0 aromatic heterocycles. The van der Waals surface area contributed by atoms with E-state index in [9.17, 15) is 5.11 Å². The minimum absolute atomic E-state index is 0.268. The van der Waals surface area contributed by atoms with E-state index in [1.807, 2.05) is 13.8 Å². The van der Waals surface area contributed by atoms with Crippen LogP contribution in [0.1, 0.15) is 20.3 Å². The van der Waals surface area contributed by atoms with Crippen molar-refractivity contribution in [1.82, 2.24) is 5.32 Å². The monoisotopic (exact) mass is 191 g/mol. The Bertz CT molecular complexity index is 174. The lowest BCUT2D eigenvalue weighted by molar-refractivity contribution is 0.0766. The molecule has 1 fully saturated rings. The van der Waals surface area contributed by atoms with Crippen molar-refractivity contribution in [2.45, 2.75) is 25.2 Å². The highest BCUT2D eigenvalue weighted by atomic mass is 32.2. The van der Waals surface area contributed by atoms with Gasteiger partial charge in [0, 0.05) is 12.5 Å². The second kappa shape index (κ2) is 3.29. The van der Waals surface area contributed by atoms with Gasteiger partial charge >= 0.3 is 0 Å². The van der Waals surface area contributed by atoms with Crippen molar-refractivity contribution in [1.29, 1.82) is 0 Å². The molecule has 1 aliphatic rings. The number of aliphatic hydroxyl groups is 1. The van der Waals surface area contributed by atoms with Crippen LogP contribution < -0.4 is 5.32 Å². The van der Waals surface area contributed by atoms with Crippen LogP contribution in [-0.4, -0.2) is 20.9 Å². The summed E-state index contributed by atoms with van der Waals surface area (Å²) in [6, 6.07) is 0. The summed E-state index contributed by atoms with van der Waals surface area (Å²) in [5.74, 6) is 0.268. The first-order valence-electron chi connectivity index (χ1n) is 3.77. The number of hydrogen-bond donors (Lipinski definition) is 2. The SMILES string of the molecule is CCC1(O)SC(=S)NCC1C. The molecular weight excluding hydrogens is 178 g/mol. The van der Waals surface area contributed by atoms with Gasteiger partial charge in [-0.15, -0.1) is 0 Å². The second-order valence-electron chi connectivity index (χ2n) is 2.87. The molecule has 1 rings (SSSR count). The minimum Gasteiger partial charge on any atom is -0.379 e. The Morgan fingerprint density at radius 3 is 3.00 bits per heavy atom. The maximum atomic E-state index is 9.95. The van der Waals surface area contributed by atoms with Gasteiger partial charge in [0.15, 0.2) is 0 Å².